The fourth-order valence-corrected chi connectivity index (χ4v) is 4.46. The molecule has 3 nitrogen and oxygen atoms in total. The fourth-order valence-electron chi connectivity index (χ4n) is 4.46. The third-order valence-corrected chi connectivity index (χ3v) is 5.88. The van der Waals surface area contributed by atoms with Gasteiger partial charge in [-0.2, -0.15) is 0 Å². The summed E-state index contributed by atoms with van der Waals surface area (Å²) in [6.45, 7) is 6.15. The van der Waals surface area contributed by atoms with E-state index in [0.29, 0.717) is 12.0 Å². The van der Waals surface area contributed by atoms with Crippen molar-refractivity contribution in [2.45, 2.75) is 38.1 Å². The van der Waals surface area contributed by atoms with Crippen LogP contribution >= 0.6 is 0 Å². The van der Waals surface area contributed by atoms with Gasteiger partial charge in [-0.05, 0) is 63.9 Å². The molecule has 118 valence electrons. The van der Waals surface area contributed by atoms with Crippen LogP contribution in [0.2, 0.25) is 0 Å². The first-order valence-electron chi connectivity index (χ1n) is 8.75. The number of piperidine rings is 3. The van der Waals surface area contributed by atoms with Gasteiger partial charge in [-0.1, -0.05) is 18.2 Å². The van der Waals surface area contributed by atoms with Gasteiger partial charge in [0.2, 0.25) is 0 Å². The normalized spacial score (nSPS) is 29.1. The Morgan fingerprint density at radius 3 is 2.73 bits per heavy atom. The Labute approximate surface area is 133 Å². The van der Waals surface area contributed by atoms with Crippen LogP contribution in [0.25, 0.3) is 10.9 Å². The molecule has 3 saturated heterocycles. The predicted octanol–water partition coefficient (Wildman–Crippen LogP) is 3.13. The zero-order chi connectivity index (χ0) is 15.1. The quantitative estimate of drug-likeness (QED) is 0.908. The SMILES string of the molecule is CNC(C)Cc1c(C2CN3CCC2CC3)[nH]c2ccccc12. The van der Waals surface area contributed by atoms with Crippen LogP contribution in [0.15, 0.2) is 24.3 Å². The smallest absolute Gasteiger partial charge is 0.0459 e. The molecule has 4 heterocycles. The van der Waals surface area contributed by atoms with E-state index in [-0.39, 0.29) is 0 Å². The Bertz CT molecular complexity index is 652. The Balaban J connectivity index is 1.77. The Morgan fingerprint density at radius 1 is 1.27 bits per heavy atom. The maximum Gasteiger partial charge on any atom is 0.0459 e. The molecule has 0 spiro atoms. The first-order valence-corrected chi connectivity index (χ1v) is 8.75. The molecule has 22 heavy (non-hydrogen) atoms. The highest BCUT2D eigenvalue weighted by Gasteiger charge is 2.37. The number of fused-ring (bicyclic) bond motifs is 4. The van der Waals surface area contributed by atoms with Crippen LogP contribution in [-0.2, 0) is 6.42 Å². The number of hydrogen-bond donors (Lipinski definition) is 2. The van der Waals surface area contributed by atoms with Crippen molar-refractivity contribution in [3.05, 3.63) is 35.5 Å². The number of rotatable bonds is 4. The van der Waals surface area contributed by atoms with Gasteiger partial charge >= 0.3 is 0 Å². The first kappa shape index (κ1) is 14.3. The van der Waals surface area contributed by atoms with Crippen LogP contribution in [0.5, 0.6) is 0 Å². The summed E-state index contributed by atoms with van der Waals surface area (Å²) in [7, 11) is 2.06. The molecule has 2 unspecified atom stereocenters. The number of benzene rings is 1. The standard InChI is InChI=1S/C19H27N3/c1-13(20-2)11-16-15-5-3-4-6-18(15)21-19(16)17-12-22-9-7-14(17)8-10-22/h3-6,13-14,17,20-21H,7-12H2,1-2H3. The number of para-hydroxylation sites is 1. The summed E-state index contributed by atoms with van der Waals surface area (Å²) in [5, 5.41) is 4.83. The van der Waals surface area contributed by atoms with Gasteiger partial charge in [-0.15, -0.1) is 0 Å². The molecule has 3 aliphatic heterocycles. The average molecular weight is 297 g/mol. The summed E-state index contributed by atoms with van der Waals surface area (Å²) in [5.41, 5.74) is 4.39. The first-order chi connectivity index (χ1) is 10.8. The Kier molecular flexibility index (Phi) is 3.71. The molecule has 2 aromatic rings. The number of nitrogens with one attached hydrogen (secondary N) is 2. The number of nitrogens with zero attached hydrogens (tertiary/aromatic N) is 1. The third-order valence-electron chi connectivity index (χ3n) is 5.88. The minimum absolute atomic E-state index is 0.513. The van der Waals surface area contributed by atoms with Crippen LogP contribution < -0.4 is 5.32 Å². The van der Waals surface area contributed by atoms with E-state index in [2.05, 4.69) is 53.4 Å². The Morgan fingerprint density at radius 2 is 2.05 bits per heavy atom. The van der Waals surface area contributed by atoms with Crippen molar-refractivity contribution in [3.8, 4) is 0 Å². The van der Waals surface area contributed by atoms with Crippen molar-refractivity contribution in [2.75, 3.05) is 26.7 Å². The highest BCUT2D eigenvalue weighted by Crippen LogP contribution is 2.41. The van der Waals surface area contributed by atoms with E-state index in [1.165, 1.54) is 49.1 Å². The topological polar surface area (TPSA) is 31.1 Å². The second-order valence-electron chi connectivity index (χ2n) is 7.20. The second kappa shape index (κ2) is 5.71. The molecule has 1 aromatic carbocycles. The maximum absolute atomic E-state index is 3.79. The average Bonchev–Trinajstić information content (AvgIpc) is 2.94. The number of aromatic amines is 1. The largest absolute Gasteiger partial charge is 0.358 e. The minimum Gasteiger partial charge on any atom is -0.358 e. The molecule has 0 aliphatic carbocycles. The van der Waals surface area contributed by atoms with Crippen molar-refractivity contribution in [3.63, 3.8) is 0 Å². The zero-order valence-electron chi connectivity index (χ0n) is 13.7. The molecule has 3 aliphatic rings. The lowest BCUT2D eigenvalue weighted by Gasteiger charge is -2.45. The fraction of sp³-hybridized carbons (Fsp3) is 0.579. The monoisotopic (exact) mass is 297 g/mol. The van der Waals surface area contributed by atoms with E-state index in [9.17, 15) is 0 Å². The van der Waals surface area contributed by atoms with Gasteiger partial charge in [-0.25, -0.2) is 0 Å². The van der Waals surface area contributed by atoms with Crippen molar-refractivity contribution in [1.82, 2.24) is 15.2 Å². The van der Waals surface area contributed by atoms with Crippen molar-refractivity contribution < 1.29 is 0 Å². The van der Waals surface area contributed by atoms with Gasteiger partial charge in [-0.3, -0.25) is 0 Å². The van der Waals surface area contributed by atoms with E-state index >= 15 is 0 Å². The highest BCUT2D eigenvalue weighted by atomic mass is 15.1. The summed E-state index contributed by atoms with van der Waals surface area (Å²) in [6.07, 6.45) is 3.86. The van der Waals surface area contributed by atoms with Gasteiger partial charge < -0.3 is 15.2 Å². The lowest BCUT2D eigenvalue weighted by molar-refractivity contribution is 0.0853. The molecule has 0 radical (unpaired) electrons. The molecule has 2 atom stereocenters. The lowest BCUT2D eigenvalue weighted by atomic mass is 9.76. The van der Waals surface area contributed by atoms with Gasteiger partial charge in [0.05, 0.1) is 0 Å². The summed E-state index contributed by atoms with van der Waals surface area (Å²) >= 11 is 0. The molecule has 2 bridgehead atoms. The lowest BCUT2D eigenvalue weighted by Crippen LogP contribution is -2.46. The van der Waals surface area contributed by atoms with E-state index in [0.717, 1.165) is 12.3 Å². The van der Waals surface area contributed by atoms with E-state index in [1.54, 1.807) is 5.56 Å². The van der Waals surface area contributed by atoms with Crippen LogP contribution in [0.1, 0.15) is 36.9 Å². The summed E-state index contributed by atoms with van der Waals surface area (Å²) in [4.78, 5) is 6.45. The second-order valence-corrected chi connectivity index (χ2v) is 7.20. The molecular formula is C19H27N3. The molecular weight excluding hydrogens is 270 g/mol. The molecule has 1 aromatic heterocycles. The summed E-state index contributed by atoms with van der Waals surface area (Å²) in [6, 6.07) is 9.34. The van der Waals surface area contributed by atoms with Gasteiger partial charge in [0.15, 0.2) is 0 Å². The molecule has 0 amide bonds. The maximum atomic E-state index is 3.79. The highest BCUT2D eigenvalue weighted by molar-refractivity contribution is 5.85. The number of H-pyrrole nitrogens is 1. The third kappa shape index (κ3) is 2.37. The molecule has 0 saturated carbocycles. The summed E-state index contributed by atoms with van der Waals surface area (Å²) in [5.74, 6) is 1.58. The summed E-state index contributed by atoms with van der Waals surface area (Å²) < 4.78 is 0. The van der Waals surface area contributed by atoms with E-state index < -0.39 is 0 Å². The number of likely N-dealkylation sites (N-methyl/N-ethyl adjacent to an activating group) is 1. The van der Waals surface area contributed by atoms with Crippen LogP contribution in [0.4, 0.5) is 0 Å². The molecule has 3 fully saturated rings. The van der Waals surface area contributed by atoms with Gasteiger partial charge in [0, 0.05) is 35.1 Å². The van der Waals surface area contributed by atoms with Crippen LogP contribution in [-0.4, -0.2) is 42.6 Å². The van der Waals surface area contributed by atoms with Crippen LogP contribution in [0.3, 0.4) is 0 Å². The number of aromatic nitrogens is 1. The van der Waals surface area contributed by atoms with Gasteiger partial charge in [0.25, 0.3) is 0 Å². The van der Waals surface area contributed by atoms with E-state index in [1.807, 2.05) is 0 Å². The molecule has 2 N–H and O–H groups in total. The van der Waals surface area contributed by atoms with Crippen molar-refractivity contribution in [2.24, 2.45) is 5.92 Å². The number of hydrogen-bond acceptors (Lipinski definition) is 2. The zero-order valence-corrected chi connectivity index (χ0v) is 13.7. The van der Waals surface area contributed by atoms with Gasteiger partial charge in [0.1, 0.15) is 0 Å². The Hall–Kier alpha value is -1.32. The minimum atomic E-state index is 0.513. The van der Waals surface area contributed by atoms with Crippen LogP contribution in [0, 0.1) is 5.92 Å². The molecule has 5 rings (SSSR count). The van der Waals surface area contributed by atoms with E-state index in [4.69, 9.17) is 0 Å². The van der Waals surface area contributed by atoms with Crippen molar-refractivity contribution >= 4 is 10.9 Å². The van der Waals surface area contributed by atoms with Crippen molar-refractivity contribution in [1.29, 1.82) is 0 Å². The predicted molar refractivity (Wildman–Crippen MR) is 92.4 cm³/mol. The molecule has 3 heteroatoms.